The van der Waals surface area contributed by atoms with Crippen LogP contribution >= 0.6 is 11.3 Å². The highest BCUT2D eigenvalue weighted by Crippen LogP contribution is 2.32. The predicted molar refractivity (Wildman–Crippen MR) is 108 cm³/mol. The Bertz CT molecular complexity index is 997. The molecule has 1 aliphatic rings. The third-order valence-corrected chi connectivity index (χ3v) is 6.06. The SMILES string of the molecule is O=C(O)c1ccc2nc(N3CCC(C(=O)NCc4ccncc4)CC3)sc2c1. The second-order valence-electron chi connectivity index (χ2n) is 6.82. The number of benzene rings is 1. The van der Waals surface area contributed by atoms with Crippen LogP contribution < -0.4 is 10.2 Å². The van der Waals surface area contributed by atoms with Crippen molar-refractivity contribution in [1.82, 2.24) is 15.3 Å². The van der Waals surface area contributed by atoms with Crippen molar-refractivity contribution in [3.8, 4) is 0 Å². The number of aromatic nitrogens is 2. The van der Waals surface area contributed by atoms with Gasteiger partial charge in [0.25, 0.3) is 0 Å². The number of carboxylic acid groups (broad SMARTS) is 1. The highest BCUT2D eigenvalue weighted by atomic mass is 32.1. The normalized spacial score (nSPS) is 14.9. The van der Waals surface area contributed by atoms with Crippen molar-refractivity contribution >= 4 is 38.6 Å². The summed E-state index contributed by atoms with van der Waals surface area (Å²) in [5.74, 6) is -0.839. The number of carbonyl (C=O) groups is 2. The van der Waals surface area contributed by atoms with Crippen LogP contribution in [-0.4, -0.2) is 40.0 Å². The largest absolute Gasteiger partial charge is 0.478 e. The maximum absolute atomic E-state index is 12.4. The van der Waals surface area contributed by atoms with Crippen LogP contribution in [0.5, 0.6) is 0 Å². The maximum Gasteiger partial charge on any atom is 0.335 e. The minimum atomic E-state index is -0.935. The molecule has 144 valence electrons. The molecule has 0 atom stereocenters. The lowest BCUT2D eigenvalue weighted by atomic mass is 9.96. The second-order valence-corrected chi connectivity index (χ2v) is 7.83. The van der Waals surface area contributed by atoms with Gasteiger partial charge in [-0.05, 0) is 48.7 Å². The number of amides is 1. The van der Waals surface area contributed by atoms with E-state index in [4.69, 9.17) is 5.11 Å². The number of nitrogens with one attached hydrogen (secondary N) is 1. The zero-order valence-electron chi connectivity index (χ0n) is 15.2. The lowest BCUT2D eigenvalue weighted by Gasteiger charge is -2.31. The molecule has 0 aliphatic carbocycles. The molecule has 28 heavy (non-hydrogen) atoms. The molecule has 3 heterocycles. The Morgan fingerprint density at radius 1 is 1.18 bits per heavy atom. The molecule has 0 radical (unpaired) electrons. The zero-order chi connectivity index (χ0) is 19.5. The summed E-state index contributed by atoms with van der Waals surface area (Å²) < 4.78 is 0.868. The van der Waals surface area contributed by atoms with Crippen molar-refractivity contribution in [2.24, 2.45) is 5.92 Å². The number of pyridine rings is 1. The minimum Gasteiger partial charge on any atom is -0.478 e. The Labute approximate surface area is 166 Å². The van der Waals surface area contributed by atoms with Gasteiger partial charge in [-0.25, -0.2) is 9.78 Å². The van der Waals surface area contributed by atoms with Crippen LogP contribution in [0.2, 0.25) is 0 Å². The average Bonchev–Trinajstić information content (AvgIpc) is 3.16. The number of carbonyl (C=O) groups excluding carboxylic acids is 1. The van der Waals surface area contributed by atoms with Gasteiger partial charge in [0.15, 0.2) is 5.13 Å². The van der Waals surface area contributed by atoms with E-state index < -0.39 is 5.97 Å². The van der Waals surface area contributed by atoms with E-state index in [0.717, 1.165) is 46.8 Å². The van der Waals surface area contributed by atoms with Gasteiger partial charge in [0.05, 0.1) is 15.8 Å². The molecule has 0 bridgehead atoms. The third-order valence-electron chi connectivity index (χ3n) is 4.98. The Morgan fingerprint density at radius 2 is 1.93 bits per heavy atom. The standard InChI is InChI=1S/C20H20N4O3S/c25-18(22-12-13-3-7-21-8-4-13)14-5-9-24(10-6-14)20-23-16-2-1-15(19(26)27)11-17(16)28-20/h1-4,7-8,11,14H,5-6,9-10,12H2,(H,22,25)(H,26,27). The van der Waals surface area contributed by atoms with Gasteiger partial charge >= 0.3 is 5.97 Å². The topological polar surface area (TPSA) is 95.4 Å². The number of fused-ring (bicyclic) bond motifs is 1. The molecule has 0 saturated carbocycles. The average molecular weight is 396 g/mol. The molecular weight excluding hydrogens is 376 g/mol. The molecule has 1 saturated heterocycles. The van der Waals surface area contributed by atoms with Gasteiger partial charge in [-0.15, -0.1) is 0 Å². The Kier molecular flexibility index (Phi) is 5.21. The van der Waals surface area contributed by atoms with Crippen LogP contribution in [0.15, 0.2) is 42.7 Å². The number of thiazole rings is 1. The first-order chi connectivity index (χ1) is 13.6. The predicted octanol–water partition coefficient (Wildman–Crippen LogP) is 2.92. The van der Waals surface area contributed by atoms with Crippen molar-refractivity contribution in [2.45, 2.75) is 19.4 Å². The second kappa shape index (κ2) is 7.93. The molecule has 3 aromatic rings. The number of nitrogens with zero attached hydrogens (tertiary/aromatic N) is 3. The molecule has 1 fully saturated rings. The van der Waals surface area contributed by atoms with E-state index in [1.54, 1.807) is 30.6 Å². The van der Waals surface area contributed by atoms with Crippen molar-refractivity contribution in [2.75, 3.05) is 18.0 Å². The number of anilines is 1. The summed E-state index contributed by atoms with van der Waals surface area (Å²) in [6.45, 7) is 2.04. The van der Waals surface area contributed by atoms with E-state index in [1.807, 2.05) is 12.1 Å². The van der Waals surface area contributed by atoms with Gasteiger partial charge in [-0.1, -0.05) is 11.3 Å². The molecule has 8 heteroatoms. The Morgan fingerprint density at radius 3 is 2.64 bits per heavy atom. The van der Waals surface area contributed by atoms with Gasteiger partial charge in [0.1, 0.15) is 0 Å². The van der Waals surface area contributed by atoms with Gasteiger partial charge in [-0.3, -0.25) is 9.78 Å². The number of piperidine rings is 1. The number of hydrogen-bond donors (Lipinski definition) is 2. The molecule has 1 amide bonds. The minimum absolute atomic E-state index is 0.00563. The van der Waals surface area contributed by atoms with Crippen LogP contribution in [0, 0.1) is 5.92 Å². The highest BCUT2D eigenvalue weighted by Gasteiger charge is 2.26. The first-order valence-corrected chi connectivity index (χ1v) is 9.97. The monoisotopic (exact) mass is 396 g/mol. The molecule has 1 aliphatic heterocycles. The zero-order valence-corrected chi connectivity index (χ0v) is 16.0. The fourth-order valence-corrected chi connectivity index (χ4v) is 4.40. The molecule has 0 unspecified atom stereocenters. The van der Waals surface area contributed by atoms with E-state index in [1.165, 1.54) is 11.3 Å². The van der Waals surface area contributed by atoms with Crippen molar-refractivity contribution in [1.29, 1.82) is 0 Å². The quantitative estimate of drug-likeness (QED) is 0.689. The molecule has 7 nitrogen and oxygen atoms in total. The Balaban J connectivity index is 1.35. The van der Waals surface area contributed by atoms with Crippen LogP contribution in [0.4, 0.5) is 5.13 Å². The highest BCUT2D eigenvalue weighted by molar-refractivity contribution is 7.22. The van der Waals surface area contributed by atoms with Crippen molar-refractivity contribution in [3.63, 3.8) is 0 Å². The van der Waals surface area contributed by atoms with Gasteiger partial charge in [-0.2, -0.15) is 0 Å². The number of hydrogen-bond acceptors (Lipinski definition) is 6. The number of carboxylic acids is 1. The number of rotatable bonds is 5. The summed E-state index contributed by atoms with van der Waals surface area (Å²) in [6.07, 6.45) is 4.99. The molecule has 1 aromatic carbocycles. The van der Waals surface area contributed by atoms with Crippen LogP contribution in [0.1, 0.15) is 28.8 Å². The smallest absolute Gasteiger partial charge is 0.335 e. The van der Waals surface area contributed by atoms with E-state index in [0.29, 0.717) is 6.54 Å². The lowest BCUT2D eigenvalue weighted by molar-refractivity contribution is -0.125. The van der Waals surface area contributed by atoms with E-state index in [-0.39, 0.29) is 17.4 Å². The molecule has 2 N–H and O–H groups in total. The lowest BCUT2D eigenvalue weighted by Crippen LogP contribution is -2.40. The van der Waals surface area contributed by atoms with Crippen LogP contribution in [-0.2, 0) is 11.3 Å². The van der Waals surface area contributed by atoms with Gasteiger partial charge in [0, 0.05) is 37.9 Å². The Hall–Kier alpha value is -3.00. The fourth-order valence-electron chi connectivity index (χ4n) is 3.35. The van der Waals surface area contributed by atoms with Gasteiger partial charge in [0.2, 0.25) is 5.91 Å². The number of aromatic carboxylic acids is 1. The molecule has 4 rings (SSSR count). The molecule has 0 spiro atoms. The van der Waals surface area contributed by atoms with Gasteiger partial charge < -0.3 is 15.3 Å². The van der Waals surface area contributed by atoms with E-state index in [9.17, 15) is 9.59 Å². The maximum atomic E-state index is 12.4. The summed E-state index contributed by atoms with van der Waals surface area (Å²) in [6, 6.07) is 8.78. The first-order valence-electron chi connectivity index (χ1n) is 9.15. The van der Waals surface area contributed by atoms with Crippen LogP contribution in [0.25, 0.3) is 10.2 Å². The van der Waals surface area contributed by atoms with Crippen LogP contribution in [0.3, 0.4) is 0 Å². The first kappa shape index (κ1) is 18.4. The third kappa shape index (κ3) is 3.96. The van der Waals surface area contributed by atoms with Crippen molar-refractivity contribution < 1.29 is 14.7 Å². The summed E-state index contributed by atoms with van der Waals surface area (Å²) in [4.78, 5) is 34.4. The summed E-state index contributed by atoms with van der Waals surface area (Å²) >= 11 is 1.50. The summed E-state index contributed by atoms with van der Waals surface area (Å²) in [7, 11) is 0. The fraction of sp³-hybridized carbons (Fsp3) is 0.300. The summed E-state index contributed by atoms with van der Waals surface area (Å²) in [5, 5.41) is 13.0. The summed E-state index contributed by atoms with van der Waals surface area (Å²) in [5.41, 5.74) is 2.12. The van der Waals surface area contributed by atoms with E-state index >= 15 is 0 Å². The van der Waals surface area contributed by atoms with Crippen molar-refractivity contribution in [3.05, 3.63) is 53.9 Å². The molecule has 2 aromatic heterocycles. The van der Waals surface area contributed by atoms with E-state index in [2.05, 4.69) is 20.2 Å². The molecular formula is C20H20N4O3S.